The van der Waals surface area contributed by atoms with E-state index in [1.54, 1.807) is 0 Å². The molecule has 0 aromatic carbocycles. The van der Waals surface area contributed by atoms with Gasteiger partial charge >= 0.3 is 0 Å². The van der Waals surface area contributed by atoms with Crippen molar-refractivity contribution in [2.45, 2.75) is 64.5 Å². The molecule has 19 heavy (non-hydrogen) atoms. The Morgan fingerprint density at radius 3 is 2.68 bits per heavy atom. The number of nitrogens with two attached hydrogens (primary N) is 1. The maximum atomic E-state index is 5.61. The lowest BCUT2D eigenvalue weighted by molar-refractivity contribution is 0.241. The molecular weight excluding hydrogens is 234 g/mol. The van der Waals surface area contributed by atoms with Crippen molar-refractivity contribution in [3.63, 3.8) is 0 Å². The van der Waals surface area contributed by atoms with Crippen LogP contribution in [0.15, 0.2) is 17.1 Å². The van der Waals surface area contributed by atoms with Crippen LogP contribution in [0.1, 0.15) is 58.3 Å². The summed E-state index contributed by atoms with van der Waals surface area (Å²) >= 11 is 0. The van der Waals surface area contributed by atoms with Crippen LogP contribution in [-0.4, -0.2) is 36.9 Å². The Labute approximate surface area is 119 Å². The van der Waals surface area contributed by atoms with Crippen molar-refractivity contribution in [3.05, 3.63) is 12.2 Å². The van der Waals surface area contributed by atoms with Gasteiger partial charge in [-0.25, -0.2) is 0 Å². The molecule has 1 unspecified atom stereocenters. The molecule has 110 valence electrons. The molecule has 0 aliphatic carbocycles. The van der Waals surface area contributed by atoms with Crippen molar-refractivity contribution < 1.29 is 0 Å². The van der Waals surface area contributed by atoms with Gasteiger partial charge in [0, 0.05) is 25.8 Å². The van der Waals surface area contributed by atoms with E-state index in [-0.39, 0.29) is 0 Å². The highest BCUT2D eigenvalue weighted by atomic mass is 15.3. The van der Waals surface area contributed by atoms with Crippen LogP contribution in [0.25, 0.3) is 0 Å². The largest absolute Gasteiger partial charge is 0.329 e. The van der Waals surface area contributed by atoms with Crippen molar-refractivity contribution >= 4 is 6.21 Å². The molecule has 1 heterocycles. The molecule has 0 spiro atoms. The summed E-state index contributed by atoms with van der Waals surface area (Å²) in [5, 5.41) is 0. The number of unbranched alkanes of at least 4 members (excludes halogenated alkanes) is 6. The maximum Gasteiger partial charge on any atom is 0.102 e. The van der Waals surface area contributed by atoms with Crippen LogP contribution in [0.3, 0.4) is 0 Å². The first-order valence-electron chi connectivity index (χ1n) is 7.95. The van der Waals surface area contributed by atoms with E-state index in [1.165, 1.54) is 51.4 Å². The zero-order chi connectivity index (χ0) is 13.8. The van der Waals surface area contributed by atoms with Crippen molar-refractivity contribution in [1.29, 1.82) is 0 Å². The Bertz CT molecular complexity index is 261. The predicted octanol–water partition coefficient (Wildman–Crippen LogP) is 3.35. The molecule has 3 heteroatoms. The molecular formula is C16H31N3. The van der Waals surface area contributed by atoms with Gasteiger partial charge in [-0.2, -0.15) is 0 Å². The summed E-state index contributed by atoms with van der Waals surface area (Å²) in [6.45, 7) is 4.81. The third-order valence-corrected chi connectivity index (χ3v) is 3.75. The van der Waals surface area contributed by atoms with Gasteiger partial charge in [0.25, 0.3) is 0 Å². The number of rotatable bonds is 11. The molecule has 1 rings (SSSR count). The van der Waals surface area contributed by atoms with Crippen molar-refractivity contribution in [1.82, 2.24) is 4.90 Å². The Morgan fingerprint density at radius 2 is 1.95 bits per heavy atom. The second-order valence-corrected chi connectivity index (χ2v) is 5.36. The maximum absolute atomic E-state index is 5.61. The van der Waals surface area contributed by atoms with E-state index in [2.05, 4.69) is 29.0 Å². The first-order chi connectivity index (χ1) is 9.38. The number of hydrogen-bond acceptors (Lipinski definition) is 3. The number of hydrogen-bond donors (Lipinski definition) is 1. The fraction of sp³-hybridized carbons (Fsp3) is 0.812. The average Bonchev–Trinajstić information content (AvgIpc) is 2.85. The van der Waals surface area contributed by atoms with E-state index in [0.717, 1.165) is 19.6 Å². The van der Waals surface area contributed by atoms with Crippen LogP contribution in [0.2, 0.25) is 0 Å². The van der Waals surface area contributed by atoms with Crippen LogP contribution in [0.5, 0.6) is 0 Å². The van der Waals surface area contributed by atoms with E-state index in [9.17, 15) is 0 Å². The summed E-state index contributed by atoms with van der Waals surface area (Å²) in [6, 6.07) is 0. The van der Waals surface area contributed by atoms with Crippen molar-refractivity contribution in [3.8, 4) is 0 Å². The molecule has 1 aliphatic rings. The fourth-order valence-corrected chi connectivity index (χ4v) is 2.62. The molecule has 2 N–H and O–H groups in total. The molecule has 0 saturated carbocycles. The Hall–Kier alpha value is -0.670. The SMILES string of the molecule is C/C=C/CCCCCCCCC1N=CCN1CCN. The van der Waals surface area contributed by atoms with E-state index >= 15 is 0 Å². The molecule has 0 amide bonds. The summed E-state index contributed by atoms with van der Waals surface area (Å²) in [5.41, 5.74) is 5.61. The highest BCUT2D eigenvalue weighted by Gasteiger charge is 2.18. The van der Waals surface area contributed by atoms with E-state index in [4.69, 9.17) is 5.73 Å². The first-order valence-corrected chi connectivity index (χ1v) is 7.95. The zero-order valence-electron chi connectivity index (χ0n) is 12.6. The minimum Gasteiger partial charge on any atom is -0.329 e. The van der Waals surface area contributed by atoms with E-state index < -0.39 is 0 Å². The van der Waals surface area contributed by atoms with Gasteiger partial charge in [-0.05, 0) is 32.6 Å². The third-order valence-electron chi connectivity index (χ3n) is 3.75. The van der Waals surface area contributed by atoms with Crippen LogP contribution in [0.4, 0.5) is 0 Å². The van der Waals surface area contributed by atoms with Gasteiger partial charge in [0.1, 0.15) is 6.17 Å². The van der Waals surface area contributed by atoms with Gasteiger partial charge in [-0.1, -0.05) is 37.8 Å². The lowest BCUT2D eigenvalue weighted by Crippen LogP contribution is -2.34. The summed E-state index contributed by atoms with van der Waals surface area (Å²) in [6.07, 6.45) is 17.5. The Kier molecular flexibility index (Phi) is 9.64. The van der Waals surface area contributed by atoms with Gasteiger partial charge in [0.2, 0.25) is 0 Å². The second-order valence-electron chi connectivity index (χ2n) is 5.36. The summed E-state index contributed by atoms with van der Waals surface area (Å²) in [5.74, 6) is 0. The molecule has 0 saturated heterocycles. The van der Waals surface area contributed by atoms with Gasteiger partial charge in [0.05, 0.1) is 0 Å². The smallest absolute Gasteiger partial charge is 0.102 e. The van der Waals surface area contributed by atoms with Gasteiger partial charge in [-0.3, -0.25) is 9.89 Å². The second kappa shape index (κ2) is 11.2. The van der Waals surface area contributed by atoms with Gasteiger partial charge in [0.15, 0.2) is 0 Å². The average molecular weight is 265 g/mol. The van der Waals surface area contributed by atoms with Gasteiger partial charge < -0.3 is 5.73 Å². The quantitative estimate of drug-likeness (QED) is 0.460. The number of nitrogens with zero attached hydrogens (tertiary/aromatic N) is 2. The lowest BCUT2D eigenvalue weighted by Gasteiger charge is -2.21. The number of aliphatic imine (C=N–C) groups is 1. The molecule has 0 radical (unpaired) electrons. The molecule has 1 atom stereocenters. The van der Waals surface area contributed by atoms with Crippen LogP contribution >= 0.6 is 0 Å². The molecule has 0 bridgehead atoms. The summed E-state index contributed by atoms with van der Waals surface area (Å²) < 4.78 is 0. The van der Waals surface area contributed by atoms with E-state index in [0.29, 0.717) is 6.17 Å². The minimum atomic E-state index is 0.415. The van der Waals surface area contributed by atoms with E-state index in [1.807, 2.05) is 6.21 Å². The standard InChI is InChI=1S/C16H31N3/c1-2-3-4-5-6-7-8-9-10-11-16-18-13-15-19(16)14-12-17/h2-3,13,16H,4-12,14-15,17H2,1H3/b3-2+. The van der Waals surface area contributed by atoms with Crippen LogP contribution < -0.4 is 5.73 Å². The fourth-order valence-electron chi connectivity index (χ4n) is 2.62. The molecule has 0 aromatic rings. The topological polar surface area (TPSA) is 41.6 Å². The number of allylic oxidation sites excluding steroid dienone is 2. The zero-order valence-corrected chi connectivity index (χ0v) is 12.6. The molecule has 0 fully saturated rings. The molecule has 0 aromatic heterocycles. The predicted molar refractivity (Wildman–Crippen MR) is 84.7 cm³/mol. The first kappa shape index (κ1) is 16.4. The Balaban J connectivity index is 1.91. The summed E-state index contributed by atoms with van der Waals surface area (Å²) in [4.78, 5) is 6.93. The van der Waals surface area contributed by atoms with Crippen molar-refractivity contribution in [2.75, 3.05) is 19.6 Å². The molecule has 1 aliphatic heterocycles. The normalized spacial score (nSPS) is 19.8. The summed E-state index contributed by atoms with van der Waals surface area (Å²) in [7, 11) is 0. The highest BCUT2D eigenvalue weighted by Crippen LogP contribution is 2.15. The Morgan fingerprint density at radius 1 is 1.21 bits per heavy atom. The lowest BCUT2D eigenvalue weighted by atomic mass is 10.1. The van der Waals surface area contributed by atoms with Crippen LogP contribution in [-0.2, 0) is 0 Å². The minimum absolute atomic E-state index is 0.415. The monoisotopic (exact) mass is 265 g/mol. The third kappa shape index (κ3) is 7.48. The van der Waals surface area contributed by atoms with Crippen LogP contribution in [0, 0.1) is 0 Å². The van der Waals surface area contributed by atoms with Crippen molar-refractivity contribution in [2.24, 2.45) is 10.7 Å². The molecule has 3 nitrogen and oxygen atoms in total. The highest BCUT2D eigenvalue weighted by molar-refractivity contribution is 5.62. The van der Waals surface area contributed by atoms with Gasteiger partial charge in [-0.15, -0.1) is 0 Å².